The third-order valence-corrected chi connectivity index (χ3v) is 4.63. The molecule has 0 radical (unpaired) electrons. The molecular formula is C17H28N4O3. The number of hydrogen-bond donors (Lipinski definition) is 1. The van der Waals surface area contributed by atoms with Gasteiger partial charge in [-0.25, -0.2) is 0 Å². The summed E-state index contributed by atoms with van der Waals surface area (Å²) in [5.74, 6) is 0.175. The van der Waals surface area contributed by atoms with Crippen molar-refractivity contribution >= 4 is 11.8 Å². The molecule has 2 rings (SSSR count). The van der Waals surface area contributed by atoms with Gasteiger partial charge < -0.3 is 15.0 Å². The number of aryl methyl sites for hydroxylation is 3. The molecule has 7 nitrogen and oxygen atoms in total. The molecule has 0 unspecified atom stereocenters. The van der Waals surface area contributed by atoms with E-state index in [1.165, 1.54) is 0 Å². The lowest BCUT2D eigenvalue weighted by Gasteiger charge is -2.16. The zero-order chi connectivity index (χ0) is 17.7. The first-order chi connectivity index (χ1) is 11.4. The molecule has 0 aromatic carbocycles. The van der Waals surface area contributed by atoms with Crippen LogP contribution in [0.5, 0.6) is 0 Å². The van der Waals surface area contributed by atoms with Gasteiger partial charge in [0.05, 0.1) is 11.8 Å². The van der Waals surface area contributed by atoms with E-state index in [1.807, 2.05) is 29.5 Å². The van der Waals surface area contributed by atoms with Crippen molar-refractivity contribution < 1.29 is 14.3 Å². The van der Waals surface area contributed by atoms with Gasteiger partial charge >= 0.3 is 0 Å². The molecule has 134 valence electrons. The summed E-state index contributed by atoms with van der Waals surface area (Å²) in [6.07, 6.45) is 1.57. The molecule has 0 spiro atoms. The van der Waals surface area contributed by atoms with Crippen molar-refractivity contribution in [3.8, 4) is 0 Å². The number of aromatic nitrogens is 2. The lowest BCUT2D eigenvalue weighted by Crippen LogP contribution is -2.30. The van der Waals surface area contributed by atoms with Crippen molar-refractivity contribution in [1.29, 1.82) is 0 Å². The molecule has 1 N–H and O–H groups in total. The summed E-state index contributed by atoms with van der Waals surface area (Å²) in [4.78, 5) is 25.8. The fourth-order valence-corrected chi connectivity index (χ4v) is 3.29. The fourth-order valence-electron chi connectivity index (χ4n) is 3.29. The molecule has 2 atom stereocenters. The van der Waals surface area contributed by atoms with Crippen molar-refractivity contribution in [2.75, 3.05) is 27.2 Å². The normalized spacial score (nSPS) is 20.4. The summed E-state index contributed by atoms with van der Waals surface area (Å²) in [5, 5.41) is 7.04. The predicted molar refractivity (Wildman–Crippen MR) is 90.5 cm³/mol. The minimum absolute atomic E-state index is 0.0131. The number of ether oxygens (including phenoxy) is 1. The van der Waals surface area contributed by atoms with Crippen molar-refractivity contribution in [1.82, 2.24) is 20.0 Å². The minimum Gasteiger partial charge on any atom is -0.379 e. The van der Waals surface area contributed by atoms with Gasteiger partial charge in [0, 0.05) is 58.2 Å². The van der Waals surface area contributed by atoms with Gasteiger partial charge in [-0.1, -0.05) is 0 Å². The second-order valence-corrected chi connectivity index (χ2v) is 6.46. The number of nitrogens with one attached hydrogen (secondary N) is 1. The van der Waals surface area contributed by atoms with Crippen molar-refractivity contribution in [2.24, 2.45) is 5.92 Å². The Labute approximate surface area is 143 Å². The van der Waals surface area contributed by atoms with Crippen LogP contribution in [0.1, 0.15) is 30.7 Å². The van der Waals surface area contributed by atoms with E-state index in [-0.39, 0.29) is 23.8 Å². The Hall–Kier alpha value is -1.89. The Morgan fingerprint density at radius 1 is 1.38 bits per heavy atom. The monoisotopic (exact) mass is 336 g/mol. The van der Waals surface area contributed by atoms with E-state index in [0.717, 1.165) is 24.4 Å². The zero-order valence-corrected chi connectivity index (χ0v) is 15.0. The molecule has 0 bridgehead atoms. The topological polar surface area (TPSA) is 76.5 Å². The molecule has 1 aromatic rings. The van der Waals surface area contributed by atoms with Crippen LogP contribution in [0.15, 0.2) is 6.07 Å². The number of rotatable bonds is 7. The lowest BCUT2D eigenvalue weighted by molar-refractivity contribution is -0.131. The first-order valence-electron chi connectivity index (χ1n) is 8.46. The number of amides is 2. The van der Waals surface area contributed by atoms with Crippen LogP contribution >= 0.6 is 0 Å². The van der Waals surface area contributed by atoms with Crippen LogP contribution in [-0.4, -0.2) is 59.8 Å². The quantitative estimate of drug-likeness (QED) is 0.802. The van der Waals surface area contributed by atoms with Crippen molar-refractivity contribution in [2.45, 2.75) is 45.8 Å². The van der Waals surface area contributed by atoms with Crippen LogP contribution in [0.2, 0.25) is 0 Å². The molecule has 1 aromatic heterocycles. The van der Waals surface area contributed by atoms with Crippen LogP contribution in [-0.2, 0) is 20.9 Å². The standard InChI is InChI=1S/C17H28N4O3/c1-12-8-13(2)21(19-12)7-5-6-17(23)20-10-14(9-16(22)18-3)15(11-20)24-4/h8,14-15H,5-7,9-11H2,1-4H3,(H,18,22)/t14-,15-/m0/s1. The molecular weight excluding hydrogens is 308 g/mol. The number of likely N-dealkylation sites (tertiary alicyclic amines) is 1. The molecule has 1 aliphatic heterocycles. The maximum atomic E-state index is 12.4. The Kier molecular flexibility index (Phi) is 6.36. The van der Waals surface area contributed by atoms with Crippen LogP contribution in [0.4, 0.5) is 0 Å². The summed E-state index contributed by atoms with van der Waals surface area (Å²) in [7, 11) is 3.26. The molecule has 24 heavy (non-hydrogen) atoms. The second-order valence-electron chi connectivity index (χ2n) is 6.46. The highest BCUT2D eigenvalue weighted by Gasteiger charge is 2.36. The third kappa shape index (κ3) is 4.56. The van der Waals surface area contributed by atoms with E-state index in [2.05, 4.69) is 10.4 Å². The maximum absolute atomic E-state index is 12.4. The van der Waals surface area contributed by atoms with Gasteiger partial charge in [0.2, 0.25) is 11.8 Å². The Morgan fingerprint density at radius 2 is 2.12 bits per heavy atom. The average molecular weight is 336 g/mol. The number of carbonyl (C=O) groups excluding carboxylic acids is 2. The van der Waals surface area contributed by atoms with Gasteiger partial charge in [-0.15, -0.1) is 0 Å². The van der Waals surface area contributed by atoms with Crippen molar-refractivity contribution in [3.63, 3.8) is 0 Å². The van der Waals surface area contributed by atoms with Crippen LogP contribution < -0.4 is 5.32 Å². The summed E-state index contributed by atoms with van der Waals surface area (Å²) in [5.41, 5.74) is 2.12. The molecule has 1 aliphatic rings. The van der Waals surface area contributed by atoms with E-state index in [4.69, 9.17) is 4.74 Å². The lowest BCUT2D eigenvalue weighted by atomic mass is 10.0. The van der Waals surface area contributed by atoms with Crippen LogP contribution in [0, 0.1) is 19.8 Å². The van der Waals surface area contributed by atoms with Gasteiger partial charge in [-0.05, 0) is 26.3 Å². The van der Waals surface area contributed by atoms with Gasteiger partial charge in [-0.3, -0.25) is 14.3 Å². The highest BCUT2D eigenvalue weighted by Crippen LogP contribution is 2.23. The molecule has 1 fully saturated rings. The fraction of sp³-hybridized carbons (Fsp3) is 0.706. The summed E-state index contributed by atoms with van der Waals surface area (Å²) in [6.45, 7) is 5.89. The van der Waals surface area contributed by atoms with Crippen LogP contribution in [0.25, 0.3) is 0 Å². The highest BCUT2D eigenvalue weighted by atomic mass is 16.5. The minimum atomic E-state index is -0.0674. The first kappa shape index (κ1) is 18.4. The van der Waals surface area contributed by atoms with Gasteiger partial charge in [0.1, 0.15) is 0 Å². The van der Waals surface area contributed by atoms with E-state index >= 15 is 0 Å². The van der Waals surface area contributed by atoms with E-state index < -0.39 is 0 Å². The Bertz CT molecular complexity index is 584. The molecule has 2 amide bonds. The number of methoxy groups -OCH3 is 1. The first-order valence-corrected chi connectivity index (χ1v) is 8.46. The molecule has 0 aliphatic carbocycles. The van der Waals surface area contributed by atoms with Gasteiger partial charge in [0.15, 0.2) is 0 Å². The maximum Gasteiger partial charge on any atom is 0.222 e. The smallest absolute Gasteiger partial charge is 0.222 e. The number of hydrogen-bond acceptors (Lipinski definition) is 4. The highest BCUT2D eigenvalue weighted by molar-refractivity contribution is 5.78. The SMILES string of the molecule is CNC(=O)C[C@H]1CN(C(=O)CCCn2nc(C)cc2C)C[C@@H]1OC. The second kappa shape index (κ2) is 8.28. The van der Waals surface area contributed by atoms with Crippen LogP contribution in [0.3, 0.4) is 0 Å². The van der Waals surface area contributed by atoms with E-state index in [9.17, 15) is 9.59 Å². The largest absolute Gasteiger partial charge is 0.379 e. The molecule has 1 saturated heterocycles. The Morgan fingerprint density at radius 3 is 2.71 bits per heavy atom. The molecule has 7 heteroatoms. The number of nitrogens with zero attached hydrogens (tertiary/aromatic N) is 3. The Balaban J connectivity index is 1.82. The summed E-state index contributed by atoms with van der Waals surface area (Å²) < 4.78 is 7.40. The van der Waals surface area contributed by atoms with E-state index in [0.29, 0.717) is 25.9 Å². The van der Waals surface area contributed by atoms with Gasteiger partial charge in [-0.2, -0.15) is 5.10 Å². The predicted octanol–water partition coefficient (Wildman–Crippen LogP) is 0.890. The zero-order valence-electron chi connectivity index (χ0n) is 15.0. The average Bonchev–Trinajstić information content (AvgIpc) is 3.10. The summed E-state index contributed by atoms with van der Waals surface area (Å²) >= 11 is 0. The van der Waals surface area contributed by atoms with Gasteiger partial charge in [0.25, 0.3) is 0 Å². The summed E-state index contributed by atoms with van der Waals surface area (Å²) in [6, 6.07) is 2.04. The van der Waals surface area contributed by atoms with E-state index in [1.54, 1.807) is 14.2 Å². The van der Waals surface area contributed by atoms with Crippen molar-refractivity contribution in [3.05, 3.63) is 17.5 Å². The molecule has 2 heterocycles. The molecule has 0 saturated carbocycles. The third-order valence-electron chi connectivity index (χ3n) is 4.63. The number of carbonyl (C=O) groups is 2.